The summed E-state index contributed by atoms with van der Waals surface area (Å²) < 4.78 is 0. The molecule has 0 atom stereocenters. The minimum absolute atomic E-state index is 0.350. The van der Waals surface area contributed by atoms with Gasteiger partial charge in [0.05, 0.1) is 0 Å². The maximum absolute atomic E-state index is 10.5. The zero-order valence-corrected chi connectivity index (χ0v) is 14.0. The third-order valence-corrected chi connectivity index (χ3v) is 6.61. The molecular weight excluding hydrogens is 311 g/mol. The standard InChI is InChI=1S/C22H17OP/c23-20-15-7-9-17-10-8-16-21(22(17)20)24(18-11-3-1-4-12-18)19-13-5-2-6-14-19/h1-16,23H. The van der Waals surface area contributed by atoms with E-state index in [1.807, 2.05) is 18.2 Å². The first-order valence-corrected chi connectivity index (χ1v) is 9.30. The molecule has 116 valence electrons. The Morgan fingerprint density at radius 1 is 0.542 bits per heavy atom. The van der Waals surface area contributed by atoms with Crippen LogP contribution in [0.1, 0.15) is 0 Å². The number of phenolic OH excluding ortho intramolecular Hbond substituents is 1. The van der Waals surface area contributed by atoms with Gasteiger partial charge in [-0.25, -0.2) is 0 Å². The van der Waals surface area contributed by atoms with Gasteiger partial charge in [-0.05, 0) is 35.3 Å². The van der Waals surface area contributed by atoms with Crippen LogP contribution >= 0.6 is 7.92 Å². The average molecular weight is 328 g/mol. The van der Waals surface area contributed by atoms with Gasteiger partial charge in [0.1, 0.15) is 5.75 Å². The lowest BCUT2D eigenvalue weighted by atomic mass is 10.1. The zero-order chi connectivity index (χ0) is 16.4. The van der Waals surface area contributed by atoms with E-state index in [2.05, 4.69) is 72.8 Å². The summed E-state index contributed by atoms with van der Waals surface area (Å²) in [6.45, 7) is 0. The van der Waals surface area contributed by atoms with Gasteiger partial charge in [-0.1, -0.05) is 91.0 Å². The van der Waals surface area contributed by atoms with Crippen LogP contribution in [0.15, 0.2) is 97.1 Å². The molecule has 24 heavy (non-hydrogen) atoms. The first kappa shape index (κ1) is 14.9. The fourth-order valence-electron chi connectivity index (χ4n) is 3.07. The minimum Gasteiger partial charge on any atom is -0.507 e. The van der Waals surface area contributed by atoms with E-state index < -0.39 is 7.92 Å². The largest absolute Gasteiger partial charge is 0.507 e. The summed E-state index contributed by atoms with van der Waals surface area (Å²) in [5, 5.41) is 16.3. The van der Waals surface area contributed by atoms with Crippen LogP contribution in [-0.4, -0.2) is 5.11 Å². The molecule has 1 nitrogen and oxygen atoms in total. The molecule has 0 amide bonds. The van der Waals surface area contributed by atoms with Gasteiger partial charge in [-0.3, -0.25) is 0 Å². The lowest BCUT2D eigenvalue weighted by Gasteiger charge is -2.21. The van der Waals surface area contributed by atoms with Crippen molar-refractivity contribution in [2.75, 3.05) is 0 Å². The molecule has 2 heteroatoms. The maximum atomic E-state index is 10.5. The van der Waals surface area contributed by atoms with Gasteiger partial charge >= 0.3 is 0 Å². The van der Waals surface area contributed by atoms with Crippen LogP contribution in [0.4, 0.5) is 0 Å². The molecule has 0 aliphatic carbocycles. The van der Waals surface area contributed by atoms with Gasteiger partial charge < -0.3 is 5.11 Å². The van der Waals surface area contributed by atoms with Gasteiger partial charge in [0, 0.05) is 5.39 Å². The van der Waals surface area contributed by atoms with Gasteiger partial charge in [0.15, 0.2) is 0 Å². The Morgan fingerprint density at radius 3 is 1.67 bits per heavy atom. The van der Waals surface area contributed by atoms with Crippen molar-refractivity contribution >= 4 is 34.6 Å². The number of fused-ring (bicyclic) bond motifs is 1. The van der Waals surface area contributed by atoms with Crippen LogP contribution in [0.5, 0.6) is 5.75 Å². The smallest absolute Gasteiger partial charge is 0.124 e. The molecule has 4 aromatic carbocycles. The Kier molecular flexibility index (Phi) is 4.02. The van der Waals surface area contributed by atoms with Crippen LogP contribution in [0, 0.1) is 0 Å². The van der Waals surface area contributed by atoms with Crippen molar-refractivity contribution in [1.82, 2.24) is 0 Å². The van der Waals surface area contributed by atoms with Crippen LogP contribution in [0.2, 0.25) is 0 Å². The second-order valence-corrected chi connectivity index (χ2v) is 7.84. The first-order chi connectivity index (χ1) is 11.8. The van der Waals surface area contributed by atoms with E-state index in [4.69, 9.17) is 0 Å². The molecule has 0 heterocycles. The zero-order valence-electron chi connectivity index (χ0n) is 13.1. The molecule has 0 spiro atoms. The van der Waals surface area contributed by atoms with E-state index in [0.29, 0.717) is 5.75 Å². The third-order valence-electron chi connectivity index (χ3n) is 4.13. The van der Waals surface area contributed by atoms with Gasteiger partial charge in [-0.2, -0.15) is 0 Å². The Balaban J connectivity index is 2.02. The highest BCUT2D eigenvalue weighted by Crippen LogP contribution is 2.37. The SMILES string of the molecule is Oc1cccc2cccc(P(c3ccccc3)c3ccccc3)c12. The molecule has 1 N–H and O–H groups in total. The minimum atomic E-state index is -0.722. The Labute approximate surface area is 143 Å². The highest BCUT2D eigenvalue weighted by molar-refractivity contribution is 7.80. The van der Waals surface area contributed by atoms with Crippen LogP contribution in [0.3, 0.4) is 0 Å². The molecule has 0 unspecified atom stereocenters. The number of hydrogen-bond acceptors (Lipinski definition) is 1. The highest BCUT2D eigenvalue weighted by atomic mass is 31.1. The van der Waals surface area contributed by atoms with Crippen molar-refractivity contribution < 1.29 is 5.11 Å². The van der Waals surface area contributed by atoms with E-state index in [1.165, 1.54) is 15.9 Å². The van der Waals surface area contributed by atoms with Crippen LogP contribution < -0.4 is 15.9 Å². The topological polar surface area (TPSA) is 20.2 Å². The van der Waals surface area contributed by atoms with Crippen LogP contribution in [-0.2, 0) is 0 Å². The predicted octanol–water partition coefficient (Wildman–Crippen LogP) is 4.30. The van der Waals surface area contributed by atoms with Gasteiger partial charge in [-0.15, -0.1) is 0 Å². The molecule has 4 aromatic rings. The van der Waals surface area contributed by atoms with E-state index in [-0.39, 0.29) is 0 Å². The lowest BCUT2D eigenvalue weighted by Crippen LogP contribution is -2.21. The summed E-state index contributed by atoms with van der Waals surface area (Å²) in [5.41, 5.74) is 0. The van der Waals surface area contributed by atoms with Crippen molar-refractivity contribution in [2.45, 2.75) is 0 Å². The summed E-state index contributed by atoms with van der Waals surface area (Å²) >= 11 is 0. The van der Waals surface area contributed by atoms with Crippen molar-refractivity contribution in [3.63, 3.8) is 0 Å². The molecule has 0 radical (unpaired) electrons. The predicted molar refractivity (Wildman–Crippen MR) is 104 cm³/mol. The van der Waals surface area contributed by atoms with Gasteiger partial charge in [0.25, 0.3) is 0 Å². The summed E-state index contributed by atoms with van der Waals surface area (Å²) in [4.78, 5) is 0. The van der Waals surface area contributed by atoms with Gasteiger partial charge in [0.2, 0.25) is 0 Å². The fraction of sp³-hybridized carbons (Fsp3) is 0. The Hall–Kier alpha value is -2.63. The Bertz CT molecular complexity index is 920. The molecular formula is C22H17OP. The average Bonchev–Trinajstić information content (AvgIpc) is 2.64. The molecule has 0 aromatic heterocycles. The second-order valence-electron chi connectivity index (χ2n) is 5.66. The first-order valence-electron chi connectivity index (χ1n) is 7.95. The number of phenols is 1. The summed E-state index contributed by atoms with van der Waals surface area (Å²) in [7, 11) is -0.722. The van der Waals surface area contributed by atoms with Crippen LogP contribution in [0.25, 0.3) is 10.8 Å². The molecule has 0 aliphatic rings. The molecule has 0 fully saturated rings. The summed E-state index contributed by atoms with van der Waals surface area (Å²) in [5.74, 6) is 0.350. The second kappa shape index (κ2) is 6.47. The molecule has 0 bridgehead atoms. The number of benzene rings is 4. The van der Waals surface area contributed by atoms with Crippen molar-refractivity contribution in [2.24, 2.45) is 0 Å². The number of rotatable bonds is 3. The van der Waals surface area contributed by atoms with E-state index in [0.717, 1.165) is 10.8 Å². The van der Waals surface area contributed by atoms with Crippen molar-refractivity contribution in [3.8, 4) is 5.75 Å². The summed E-state index contributed by atoms with van der Waals surface area (Å²) in [6.07, 6.45) is 0. The van der Waals surface area contributed by atoms with E-state index in [1.54, 1.807) is 6.07 Å². The number of aromatic hydroxyl groups is 1. The maximum Gasteiger partial charge on any atom is 0.124 e. The lowest BCUT2D eigenvalue weighted by molar-refractivity contribution is 0.482. The number of hydrogen-bond donors (Lipinski definition) is 1. The molecule has 0 aliphatic heterocycles. The third kappa shape index (κ3) is 2.68. The fourth-order valence-corrected chi connectivity index (χ4v) is 5.57. The van der Waals surface area contributed by atoms with Crippen molar-refractivity contribution in [1.29, 1.82) is 0 Å². The normalized spacial score (nSPS) is 11.0. The van der Waals surface area contributed by atoms with E-state index >= 15 is 0 Å². The quantitative estimate of drug-likeness (QED) is 0.556. The molecule has 0 saturated carbocycles. The van der Waals surface area contributed by atoms with E-state index in [9.17, 15) is 5.11 Å². The molecule has 0 saturated heterocycles. The van der Waals surface area contributed by atoms with Crippen molar-refractivity contribution in [3.05, 3.63) is 97.1 Å². The Morgan fingerprint density at radius 2 is 1.08 bits per heavy atom. The summed E-state index contributed by atoms with van der Waals surface area (Å²) in [6, 6.07) is 33.1. The monoisotopic (exact) mass is 328 g/mol. The highest BCUT2D eigenvalue weighted by Gasteiger charge is 2.19. The molecule has 4 rings (SSSR count).